The lowest BCUT2D eigenvalue weighted by molar-refractivity contribution is 0.628. The lowest BCUT2D eigenvalue weighted by Crippen LogP contribution is -1.91. The number of hydrogen-bond acceptors (Lipinski definition) is 4. The summed E-state index contributed by atoms with van der Waals surface area (Å²) < 4.78 is 12.9. The minimum Gasteiger partial charge on any atom is -0.331 e. The van der Waals surface area contributed by atoms with E-state index in [0.29, 0.717) is 17.4 Å². The normalized spacial score (nSPS) is 10.4. The van der Waals surface area contributed by atoms with Crippen molar-refractivity contribution in [1.29, 1.82) is 0 Å². The van der Waals surface area contributed by atoms with Crippen LogP contribution in [-0.4, -0.2) is 4.98 Å². The fourth-order valence-electron chi connectivity index (χ4n) is 1.16. The molecule has 1 aromatic carbocycles. The molecule has 0 aliphatic carbocycles. The van der Waals surface area contributed by atoms with Gasteiger partial charge in [0.1, 0.15) is 5.82 Å². The number of anilines is 2. The lowest BCUT2D eigenvalue weighted by Gasteiger charge is -2.02. The molecule has 0 aliphatic rings. The average Bonchev–Trinajstić information content (AvgIpc) is 2.71. The third-order valence-electron chi connectivity index (χ3n) is 1.93. The van der Waals surface area contributed by atoms with Gasteiger partial charge >= 0.3 is 0 Å². The Bertz CT molecular complexity index is 501. The Labute approximate surface area is 101 Å². The van der Waals surface area contributed by atoms with Crippen molar-refractivity contribution in [3.63, 3.8) is 0 Å². The molecule has 2 aromatic rings. The van der Waals surface area contributed by atoms with Gasteiger partial charge in [-0.1, -0.05) is 11.6 Å². The van der Waals surface area contributed by atoms with Crippen molar-refractivity contribution in [2.45, 2.75) is 6.54 Å². The number of nitrogens with two attached hydrogens (primary N) is 1. The Balaban J connectivity index is 2.17. The molecular weight excluding hydrogens is 249 g/mol. The van der Waals surface area contributed by atoms with E-state index < -0.39 is 5.82 Å². The highest BCUT2D eigenvalue weighted by atomic mass is 35.5. The molecule has 0 spiro atoms. The van der Waals surface area contributed by atoms with Crippen LogP contribution >= 0.6 is 22.9 Å². The van der Waals surface area contributed by atoms with Crippen LogP contribution in [0, 0.1) is 5.82 Å². The number of hydrogen-bond donors (Lipinski definition) is 2. The van der Waals surface area contributed by atoms with Gasteiger partial charge in [0.15, 0.2) is 5.13 Å². The molecule has 0 saturated carbocycles. The number of thiazole rings is 1. The third kappa shape index (κ3) is 2.49. The molecule has 0 radical (unpaired) electrons. The molecule has 0 unspecified atom stereocenters. The van der Waals surface area contributed by atoms with Crippen LogP contribution in [0.25, 0.3) is 0 Å². The van der Waals surface area contributed by atoms with Crippen LogP contribution in [0.4, 0.5) is 15.2 Å². The maximum Gasteiger partial charge on any atom is 0.187 e. The van der Waals surface area contributed by atoms with E-state index in [9.17, 15) is 4.39 Å². The van der Waals surface area contributed by atoms with Crippen molar-refractivity contribution in [2.24, 2.45) is 5.73 Å². The van der Waals surface area contributed by atoms with E-state index in [0.717, 1.165) is 4.88 Å². The topological polar surface area (TPSA) is 50.9 Å². The number of rotatable bonds is 3. The van der Waals surface area contributed by atoms with Crippen molar-refractivity contribution in [1.82, 2.24) is 4.98 Å². The van der Waals surface area contributed by atoms with Gasteiger partial charge in [-0.2, -0.15) is 0 Å². The maximum absolute atomic E-state index is 12.9. The summed E-state index contributed by atoms with van der Waals surface area (Å²) in [4.78, 5) is 5.11. The summed E-state index contributed by atoms with van der Waals surface area (Å²) in [5.74, 6) is -0.436. The standard InChI is InChI=1S/C10H9ClFN3S/c11-8-3-6(1-2-9(8)12)15-10-14-5-7(4-13)16-10/h1-3,5H,4,13H2,(H,14,15). The number of nitrogens with zero attached hydrogens (tertiary/aromatic N) is 1. The minimum absolute atomic E-state index is 0.0839. The van der Waals surface area contributed by atoms with Crippen LogP contribution in [0.3, 0.4) is 0 Å². The van der Waals surface area contributed by atoms with Gasteiger partial charge in [-0.15, -0.1) is 11.3 Å². The van der Waals surface area contributed by atoms with E-state index in [-0.39, 0.29) is 5.02 Å². The fraction of sp³-hybridized carbons (Fsp3) is 0.100. The minimum atomic E-state index is -0.436. The number of aromatic nitrogens is 1. The van der Waals surface area contributed by atoms with Gasteiger partial charge in [0.25, 0.3) is 0 Å². The highest BCUT2D eigenvalue weighted by Crippen LogP contribution is 2.25. The first-order chi connectivity index (χ1) is 7.69. The molecule has 16 heavy (non-hydrogen) atoms. The molecule has 3 N–H and O–H groups in total. The molecule has 84 valence electrons. The Morgan fingerprint density at radius 3 is 2.94 bits per heavy atom. The van der Waals surface area contributed by atoms with Gasteiger partial charge in [-0.05, 0) is 18.2 Å². The first-order valence-electron chi connectivity index (χ1n) is 4.56. The van der Waals surface area contributed by atoms with Crippen LogP contribution in [0.5, 0.6) is 0 Å². The van der Waals surface area contributed by atoms with Gasteiger partial charge in [-0.3, -0.25) is 0 Å². The molecule has 1 aromatic heterocycles. The summed E-state index contributed by atoms with van der Waals surface area (Å²) in [6.07, 6.45) is 1.71. The Morgan fingerprint density at radius 2 is 2.31 bits per heavy atom. The summed E-state index contributed by atoms with van der Waals surface area (Å²) in [6, 6.07) is 4.42. The van der Waals surface area contributed by atoms with Crippen molar-refractivity contribution in [3.05, 3.63) is 40.1 Å². The Kier molecular flexibility index (Phi) is 3.38. The zero-order valence-corrected chi connectivity index (χ0v) is 9.78. The molecule has 0 bridgehead atoms. The Hall–Kier alpha value is -1.17. The molecule has 3 nitrogen and oxygen atoms in total. The third-order valence-corrected chi connectivity index (χ3v) is 3.15. The number of benzene rings is 1. The first-order valence-corrected chi connectivity index (χ1v) is 5.75. The van der Waals surface area contributed by atoms with E-state index in [2.05, 4.69) is 10.3 Å². The van der Waals surface area contributed by atoms with E-state index in [1.54, 1.807) is 12.3 Å². The predicted octanol–water partition coefficient (Wildman–Crippen LogP) is 3.14. The van der Waals surface area contributed by atoms with E-state index in [4.69, 9.17) is 17.3 Å². The van der Waals surface area contributed by atoms with Crippen molar-refractivity contribution >= 4 is 33.8 Å². The molecule has 0 aliphatic heterocycles. The van der Waals surface area contributed by atoms with Gasteiger partial charge in [0, 0.05) is 23.3 Å². The molecule has 0 fully saturated rings. The van der Waals surface area contributed by atoms with Crippen molar-refractivity contribution in [3.8, 4) is 0 Å². The fourth-order valence-corrected chi connectivity index (χ4v) is 2.05. The number of halogens is 2. The molecule has 0 saturated heterocycles. The second-order valence-electron chi connectivity index (χ2n) is 3.09. The predicted molar refractivity (Wildman–Crippen MR) is 64.7 cm³/mol. The van der Waals surface area contributed by atoms with Crippen LogP contribution in [0.2, 0.25) is 5.02 Å². The molecule has 0 amide bonds. The SMILES string of the molecule is NCc1cnc(Nc2ccc(F)c(Cl)c2)s1. The lowest BCUT2D eigenvalue weighted by atomic mass is 10.3. The largest absolute Gasteiger partial charge is 0.331 e. The van der Waals surface area contributed by atoms with E-state index in [1.165, 1.54) is 23.5 Å². The highest BCUT2D eigenvalue weighted by Gasteiger charge is 2.03. The molecule has 0 atom stereocenters. The summed E-state index contributed by atoms with van der Waals surface area (Å²) in [6.45, 7) is 0.462. The quantitative estimate of drug-likeness (QED) is 0.888. The zero-order valence-electron chi connectivity index (χ0n) is 8.21. The summed E-state index contributed by atoms with van der Waals surface area (Å²) in [7, 11) is 0. The molecular formula is C10H9ClFN3S. The molecule has 1 heterocycles. The Morgan fingerprint density at radius 1 is 1.50 bits per heavy atom. The summed E-state index contributed by atoms with van der Waals surface area (Å²) in [5.41, 5.74) is 6.17. The van der Waals surface area contributed by atoms with Gasteiger partial charge in [0.2, 0.25) is 0 Å². The monoisotopic (exact) mass is 257 g/mol. The molecule has 2 rings (SSSR count). The number of nitrogens with one attached hydrogen (secondary N) is 1. The van der Waals surface area contributed by atoms with Crippen LogP contribution in [0.15, 0.2) is 24.4 Å². The van der Waals surface area contributed by atoms with E-state index in [1.807, 2.05) is 0 Å². The van der Waals surface area contributed by atoms with Crippen LogP contribution < -0.4 is 11.1 Å². The van der Waals surface area contributed by atoms with Gasteiger partial charge in [0.05, 0.1) is 5.02 Å². The van der Waals surface area contributed by atoms with Crippen molar-refractivity contribution < 1.29 is 4.39 Å². The van der Waals surface area contributed by atoms with Crippen LogP contribution in [0.1, 0.15) is 4.88 Å². The van der Waals surface area contributed by atoms with Crippen molar-refractivity contribution in [2.75, 3.05) is 5.32 Å². The summed E-state index contributed by atoms with van der Waals surface area (Å²) in [5, 5.41) is 3.82. The first kappa shape index (κ1) is 11.3. The second kappa shape index (κ2) is 4.78. The smallest absolute Gasteiger partial charge is 0.187 e. The zero-order chi connectivity index (χ0) is 11.5. The maximum atomic E-state index is 12.9. The van der Waals surface area contributed by atoms with Gasteiger partial charge in [-0.25, -0.2) is 9.37 Å². The van der Waals surface area contributed by atoms with E-state index >= 15 is 0 Å². The highest BCUT2D eigenvalue weighted by molar-refractivity contribution is 7.15. The van der Waals surface area contributed by atoms with Gasteiger partial charge < -0.3 is 11.1 Å². The molecule has 6 heteroatoms. The second-order valence-corrected chi connectivity index (χ2v) is 4.61. The summed E-state index contributed by atoms with van der Waals surface area (Å²) >= 11 is 7.11. The average molecular weight is 258 g/mol. The van der Waals surface area contributed by atoms with Crippen LogP contribution in [-0.2, 0) is 6.54 Å².